The van der Waals surface area contributed by atoms with Crippen molar-refractivity contribution in [3.63, 3.8) is 0 Å². The molecule has 112 valence electrons. The minimum Gasteiger partial charge on any atom is -0.336 e. The Balaban J connectivity index is 3.28. The van der Waals surface area contributed by atoms with Crippen LogP contribution in [0.4, 0.5) is 13.2 Å². The van der Waals surface area contributed by atoms with Gasteiger partial charge in [0.15, 0.2) is 0 Å². The Morgan fingerprint density at radius 2 is 1.95 bits per heavy atom. The van der Waals surface area contributed by atoms with E-state index in [1.807, 2.05) is 0 Å². The molecule has 0 fully saturated rings. The molecule has 9 heteroatoms. The summed E-state index contributed by atoms with van der Waals surface area (Å²) in [5.41, 5.74) is -0.608. The fourth-order valence-electron chi connectivity index (χ4n) is 1.54. The van der Waals surface area contributed by atoms with Gasteiger partial charge >= 0.3 is 0 Å². The third kappa shape index (κ3) is 3.86. The highest BCUT2D eigenvalue weighted by Gasteiger charge is 2.22. The van der Waals surface area contributed by atoms with Gasteiger partial charge in [0, 0.05) is 28.9 Å². The maximum atomic E-state index is 13.6. The molecule has 0 N–H and O–H groups in total. The highest BCUT2D eigenvalue weighted by Crippen LogP contribution is 2.24. The summed E-state index contributed by atoms with van der Waals surface area (Å²) in [5.74, 6) is -1.88. The highest BCUT2D eigenvalue weighted by atomic mass is 35.7. The molecule has 0 aromatic heterocycles. The molecule has 0 saturated carbocycles. The topological polar surface area (TPSA) is 54.5 Å². The maximum absolute atomic E-state index is 13.6. The molecule has 0 unspecified atom stereocenters. The fraction of sp³-hybridized carbons (Fsp3) is 0.364. The average Bonchev–Trinajstić information content (AvgIpc) is 2.29. The Morgan fingerprint density at radius 3 is 2.40 bits per heavy atom. The Labute approximate surface area is 118 Å². The number of carbonyl (C=O) groups excluding carboxylic acids is 1. The smallest absolute Gasteiger partial charge is 0.261 e. The first-order chi connectivity index (χ1) is 9.04. The number of nitrogens with zero attached hydrogens (tertiary/aromatic N) is 1. The van der Waals surface area contributed by atoms with Gasteiger partial charge in [0.1, 0.15) is 5.82 Å². The maximum Gasteiger partial charge on any atom is 0.261 e. The first-order valence-electron chi connectivity index (χ1n) is 5.32. The van der Waals surface area contributed by atoms with Crippen molar-refractivity contribution in [2.45, 2.75) is 18.2 Å². The van der Waals surface area contributed by atoms with E-state index in [0.717, 1.165) is 19.2 Å². The van der Waals surface area contributed by atoms with Crippen molar-refractivity contribution in [2.75, 3.05) is 13.6 Å². The Hall–Kier alpha value is -1.28. The lowest BCUT2D eigenvalue weighted by atomic mass is 10.1. The second-order valence-corrected chi connectivity index (χ2v) is 6.63. The van der Waals surface area contributed by atoms with E-state index in [1.165, 1.54) is 6.92 Å². The van der Waals surface area contributed by atoms with E-state index in [4.69, 9.17) is 10.7 Å². The van der Waals surface area contributed by atoms with E-state index in [1.54, 1.807) is 0 Å². The summed E-state index contributed by atoms with van der Waals surface area (Å²) in [6.07, 6.45) is -2.75. The van der Waals surface area contributed by atoms with Crippen molar-refractivity contribution in [1.82, 2.24) is 4.90 Å². The molecule has 0 aliphatic carbocycles. The summed E-state index contributed by atoms with van der Waals surface area (Å²) in [7, 11) is 1.99. The molecule has 1 rings (SSSR count). The molecule has 0 saturated heterocycles. The van der Waals surface area contributed by atoms with Crippen LogP contribution in [0.2, 0.25) is 0 Å². The van der Waals surface area contributed by atoms with Gasteiger partial charge in [-0.05, 0) is 19.1 Å². The quantitative estimate of drug-likeness (QED) is 0.797. The highest BCUT2D eigenvalue weighted by molar-refractivity contribution is 8.13. The number of hydrogen-bond acceptors (Lipinski definition) is 3. The first-order valence-corrected chi connectivity index (χ1v) is 7.63. The van der Waals surface area contributed by atoms with Crippen LogP contribution in [0.5, 0.6) is 0 Å². The predicted octanol–water partition coefficient (Wildman–Crippen LogP) is 2.40. The van der Waals surface area contributed by atoms with Crippen LogP contribution in [-0.4, -0.2) is 39.2 Å². The van der Waals surface area contributed by atoms with Crippen LogP contribution in [-0.2, 0) is 9.05 Å². The zero-order valence-electron chi connectivity index (χ0n) is 10.5. The van der Waals surface area contributed by atoms with E-state index >= 15 is 0 Å². The largest absolute Gasteiger partial charge is 0.336 e. The number of carbonyl (C=O) groups is 1. The van der Waals surface area contributed by atoms with Crippen LogP contribution < -0.4 is 0 Å². The van der Waals surface area contributed by atoms with E-state index in [9.17, 15) is 26.4 Å². The van der Waals surface area contributed by atoms with E-state index in [0.29, 0.717) is 4.90 Å². The van der Waals surface area contributed by atoms with Gasteiger partial charge < -0.3 is 4.90 Å². The molecule has 4 nitrogen and oxygen atoms in total. The Morgan fingerprint density at radius 1 is 1.40 bits per heavy atom. The number of amides is 1. The predicted molar refractivity (Wildman–Crippen MR) is 67.1 cm³/mol. The van der Waals surface area contributed by atoms with E-state index < -0.39 is 38.6 Å². The van der Waals surface area contributed by atoms with Gasteiger partial charge in [0.25, 0.3) is 21.4 Å². The van der Waals surface area contributed by atoms with Gasteiger partial charge in [0.05, 0.1) is 11.4 Å². The lowest BCUT2D eigenvalue weighted by molar-refractivity contribution is 0.0619. The zero-order chi connectivity index (χ0) is 15.7. The molecule has 0 atom stereocenters. The summed E-state index contributed by atoms with van der Waals surface area (Å²) >= 11 is 0. The molecule has 1 amide bonds. The molecule has 0 bridgehead atoms. The molecule has 0 aliphatic heterocycles. The number of alkyl halides is 2. The minimum absolute atomic E-state index is 0.243. The van der Waals surface area contributed by atoms with Crippen LogP contribution in [0.25, 0.3) is 0 Å². The second-order valence-electron chi connectivity index (χ2n) is 4.10. The van der Waals surface area contributed by atoms with Crippen molar-refractivity contribution in [1.29, 1.82) is 0 Å². The van der Waals surface area contributed by atoms with E-state index in [2.05, 4.69) is 0 Å². The lowest BCUT2D eigenvalue weighted by Gasteiger charge is -2.17. The molecule has 0 spiro atoms. The standard InChI is InChI=1S/C11H11ClF3NO3S/c1-6-8(13)3-7(4-9(6)20(12,18)19)11(17)16(2)5-10(14)15/h3-4,10H,5H2,1-2H3. The normalized spacial score (nSPS) is 11.8. The number of rotatable bonds is 4. The van der Waals surface area contributed by atoms with Crippen molar-refractivity contribution in [2.24, 2.45) is 0 Å². The summed E-state index contributed by atoms with van der Waals surface area (Å²) < 4.78 is 60.6. The van der Waals surface area contributed by atoms with Crippen LogP contribution in [0.1, 0.15) is 15.9 Å². The SMILES string of the molecule is Cc1c(F)cc(C(=O)N(C)CC(F)F)cc1S(=O)(=O)Cl. The first kappa shape index (κ1) is 16.8. The van der Waals surface area contributed by atoms with Gasteiger partial charge in [-0.1, -0.05) is 0 Å². The number of halogens is 4. The van der Waals surface area contributed by atoms with Crippen molar-refractivity contribution < 1.29 is 26.4 Å². The molecular weight excluding hydrogens is 319 g/mol. The molecule has 0 heterocycles. The van der Waals surface area contributed by atoms with Crippen LogP contribution in [0, 0.1) is 12.7 Å². The Bertz CT molecular complexity index is 634. The van der Waals surface area contributed by atoms with Crippen LogP contribution >= 0.6 is 10.7 Å². The lowest BCUT2D eigenvalue weighted by Crippen LogP contribution is -2.31. The third-order valence-electron chi connectivity index (χ3n) is 2.56. The van der Waals surface area contributed by atoms with Crippen LogP contribution in [0.15, 0.2) is 17.0 Å². The zero-order valence-corrected chi connectivity index (χ0v) is 12.1. The molecular formula is C11H11ClF3NO3S. The van der Waals surface area contributed by atoms with Gasteiger partial charge in [-0.3, -0.25) is 4.79 Å². The molecule has 20 heavy (non-hydrogen) atoms. The third-order valence-corrected chi connectivity index (χ3v) is 4.01. The Kier molecular flexibility index (Phi) is 5.04. The summed E-state index contributed by atoms with van der Waals surface area (Å²) in [4.78, 5) is 11.9. The molecule has 1 aromatic carbocycles. The van der Waals surface area contributed by atoms with Gasteiger partial charge in [0.2, 0.25) is 0 Å². The summed E-state index contributed by atoms with van der Waals surface area (Å²) in [6.45, 7) is 0.332. The van der Waals surface area contributed by atoms with Gasteiger partial charge in [-0.2, -0.15) is 0 Å². The monoisotopic (exact) mass is 329 g/mol. The molecule has 0 aliphatic rings. The minimum atomic E-state index is -4.25. The summed E-state index contributed by atoms with van der Waals surface area (Å²) in [6, 6.07) is 1.65. The van der Waals surface area contributed by atoms with Crippen molar-refractivity contribution >= 4 is 25.6 Å². The number of benzene rings is 1. The second kappa shape index (κ2) is 6.01. The molecule has 0 radical (unpaired) electrons. The van der Waals surface area contributed by atoms with Crippen molar-refractivity contribution in [3.05, 3.63) is 29.1 Å². The van der Waals surface area contributed by atoms with Gasteiger partial charge in [-0.25, -0.2) is 21.6 Å². The number of hydrogen-bond donors (Lipinski definition) is 0. The van der Waals surface area contributed by atoms with Crippen LogP contribution in [0.3, 0.4) is 0 Å². The van der Waals surface area contributed by atoms with Gasteiger partial charge in [-0.15, -0.1) is 0 Å². The molecule has 1 aromatic rings. The average molecular weight is 330 g/mol. The van der Waals surface area contributed by atoms with E-state index in [-0.39, 0.29) is 11.1 Å². The summed E-state index contributed by atoms with van der Waals surface area (Å²) in [5, 5.41) is 0. The fourth-order valence-corrected chi connectivity index (χ4v) is 2.75. The van der Waals surface area contributed by atoms with Crippen molar-refractivity contribution in [3.8, 4) is 0 Å².